The van der Waals surface area contributed by atoms with Crippen molar-refractivity contribution in [3.63, 3.8) is 0 Å². The summed E-state index contributed by atoms with van der Waals surface area (Å²) in [5.74, 6) is -0.480. The van der Waals surface area contributed by atoms with Gasteiger partial charge < -0.3 is 39.5 Å². The number of unbranched alkanes of at least 4 members (excludes halogenated alkanes) is 13. The number of rotatable bonds is 41. The number of allylic oxidation sites excluding steroid dienone is 6. The number of hydrogen-bond donors (Lipinski definition) is 6. The summed E-state index contributed by atoms with van der Waals surface area (Å²) in [6.07, 6.45) is 30.4. The summed E-state index contributed by atoms with van der Waals surface area (Å²) in [4.78, 5) is 52.7. The molecule has 0 rings (SSSR count). The zero-order valence-electron chi connectivity index (χ0n) is 37.1. The number of phosphoric acid groups is 2. The van der Waals surface area contributed by atoms with E-state index in [-0.39, 0.29) is 19.3 Å². The fraction of sp³-hybridized carbons (Fsp3) is 0.773. The van der Waals surface area contributed by atoms with Crippen LogP contribution in [0.15, 0.2) is 48.6 Å². The molecule has 0 bridgehead atoms. The standard InChI is InChI=1S/C44H80O15P2/c1-4-5-21-28-39(45)29-23-18-14-12-15-19-24-30-40(46)31-26-33-43(48)55-36-42(37-58-61(53,54)57-35-41(47)34-56-60(50,51)52)59-44(49)32-25-20-16-11-9-7-6-8-10-13-17-22-27-38(2)3/h14-15,18-19,23-24,29-30,38-42,45-47H,4-13,16-17,20-22,25-28,31-37H2,1-3H3,(H,53,54)(H2,50,51,52)/b18-14-,19-15-,29-23+,30-24+/t39-,40-,41-,42+/m0/s1. The third-order valence-electron chi connectivity index (χ3n) is 9.35. The second kappa shape index (κ2) is 38.5. The van der Waals surface area contributed by atoms with E-state index in [1.165, 1.54) is 51.4 Å². The Morgan fingerprint density at radius 1 is 0.557 bits per heavy atom. The number of carbonyl (C=O) groups is 2. The molecule has 5 atom stereocenters. The Balaban J connectivity index is 4.72. The Morgan fingerprint density at radius 2 is 1.03 bits per heavy atom. The van der Waals surface area contributed by atoms with Gasteiger partial charge in [-0.2, -0.15) is 0 Å². The van der Waals surface area contributed by atoms with Gasteiger partial charge in [0.25, 0.3) is 0 Å². The zero-order chi connectivity index (χ0) is 45.6. The number of carbonyl (C=O) groups excluding carboxylic acids is 2. The molecule has 6 N–H and O–H groups in total. The highest BCUT2D eigenvalue weighted by Gasteiger charge is 2.28. The maximum Gasteiger partial charge on any atom is 0.472 e. The highest BCUT2D eigenvalue weighted by molar-refractivity contribution is 7.47. The lowest BCUT2D eigenvalue weighted by atomic mass is 10.0. The van der Waals surface area contributed by atoms with Gasteiger partial charge in [-0.25, -0.2) is 9.13 Å². The minimum absolute atomic E-state index is 0.0531. The van der Waals surface area contributed by atoms with E-state index in [4.69, 9.17) is 23.8 Å². The van der Waals surface area contributed by atoms with Gasteiger partial charge in [-0.15, -0.1) is 0 Å². The summed E-state index contributed by atoms with van der Waals surface area (Å²) in [5, 5.41) is 29.9. The van der Waals surface area contributed by atoms with Gasteiger partial charge in [-0.3, -0.25) is 23.2 Å². The van der Waals surface area contributed by atoms with Crippen molar-refractivity contribution < 1.29 is 71.8 Å². The first kappa shape index (κ1) is 59.0. The summed E-state index contributed by atoms with van der Waals surface area (Å²) >= 11 is 0. The molecule has 0 aromatic carbocycles. The van der Waals surface area contributed by atoms with E-state index < -0.39 is 78.4 Å². The van der Waals surface area contributed by atoms with Gasteiger partial charge in [0.2, 0.25) is 0 Å². The van der Waals surface area contributed by atoms with Crippen LogP contribution in [0.4, 0.5) is 0 Å². The van der Waals surface area contributed by atoms with Gasteiger partial charge >= 0.3 is 27.6 Å². The van der Waals surface area contributed by atoms with Crippen molar-refractivity contribution in [3.05, 3.63) is 48.6 Å². The number of aliphatic hydroxyl groups is 3. The molecule has 0 saturated heterocycles. The van der Waals surface area contributed by atoms with E-state index in [0.717, 1.165) is 57.3 Å². The van der Waals surface area contributed by atoms with Crippen LogP contribution in [0.2, 0.25) is 0 Å². The predicted molar refractivity (Wildman–Crippen MR) is 237 cm³/mol. The van der Waals surface area contributed by atoms with Crippen molar-refractivity contribution in [2.45, 2.75) is 186 Å². The Morgan fingerprint density at radius 3 is 1.57 bits per heavy atom. The molecule has 356 valence electrons. The monoisotopic (exact) mass is 910 g/mol. The molecule has 0 amide bonds. The van der Waals surface area contributed by atoms with Crippen LogP contribution < -0.4 is 0 Å². The summed E-state index contributed by atoms with van der Waals surface area (Å²) in [7, 11) is -9.75. The van der Waals surface area contributed by atoms with Crippen LogP contribution in [0.3, 0.4) is 0 Å². The molecule has 17 heteroatoms. The van der Waals surface area contributed by atoms with Crippen LogP contribution >= 0.6 is 15.6 Å². The van der Waals surface area contributed by atoms with Crippen molar-refractivity contribution in [2.75, 3.05) is 26.4 Å². The number of esters is 2. The highest BCUT2D eigenvalue weighted by atomic mass is 31.2. The molecule has 0 radical (unpaired) electrons. The summed E-state index contributed by atoms with van der Waals surface area (Å²) in [6.45, 7) is 3.71. The number of phosphoric ester groups is 2. The molecule has 0 aromatic heterocycles. The molecule has 0 aliphatic heterocycles. The molecule has 0 saturated carbocycles. The molecular formula is C44H80O15P2. The lowest BCUT2D eigenvalue weighted by Crippen LogP contribution is -2.30. The molecule has 0 heterocycles. The van der Waals surface area contributed by atoms with Gasteiger partial charge in [0.05, 0.1) is 32.0 Å². The Bertz CT molecular complexity index is 1310. The molecule has 0 aromatic rings. The largest absolute Gasteiger partial charge is 0.472 e. The van der Waals surface area contributed by atoms with E-state index in [1.54, 1.807) is 24.3 Å². The van der Waals surface area contributed by atoms with E-state index in [1.807, 2.05) is 24.3 Å². The first-order chi connectivity index (χ1) is 29.0. The van der Waals surface area contributed by atoms with Gasteiger partial charge in [0.15, 0.2) is 6.10 Å². The van der Waals surface area contributed by atoms with Crippen molar-refractivity contribution >= 4 is 27.6 Å². The molecule has 15 nitrogen and oxygen atoms in total. The van der Waals surface area contributed by atoms with Gasteiger partial charge in [-0.1, -0.05) is 166 Å². The van der Waals surface area contributed by atoms with Gasteiger partial charge in [0, 0.05) is 12.8 Å². The molecule has 0 aliphatic rings. The lowest BCUT2D eigenvalue weighted by molar-refractivity contribution is -0.161. The van der Waals surface area contributed by atoms with Crippen molar-refractivity contribution in [2.24, 2.45) is 5.92 Å². The first-order valence-corrected chi connectivity index (χ1v) is 25.4. The quantitative estimate of drug-likeness (QED) is 0.0145. The van der Waals surface area contributed by atoms with Crippen LogP contribution in [0.1, 0.15) is 162 Å². The molecule has 1 unspecified atom stereocenters. The normalized spacial score (nSPS) is 15.6. The minimum atomic E-state index is -4.89. The second-order valence-electron chi connectivity index (χ2n) is 15.9. The lowest BCUT2D eigenvalue weighted by Gasteiger charge is -2.20. The zero-order valence-corrected chi connectivity index (χ0v) is 38.9. The highest BCUT2D eigenvalue weighted by Crippen LogP contribution is 2.43. The van der Waals surface area contributed by atoms with Gasteiger partial charge in [0.1, 0.15) is 12.7 Å². The Hall–Kier alpha value is -2.00. The van der Waals surface area contributed by atoms with Crippen LogP contribution in [-0.4, -0.2) is 92.8 Å². The number of aliphatic hydroxyl groups excluding tert-OH is 3. The fourth-order valence-electron chi connectivity index (χ4n) is 5.86. The number of ether oxygens (including phenoxy) is 2. The average molecular weight is 911 g/mol. The summed E-state index contributed by atoms with van der Waals surface area (Å²) < 4.78 is 47.6. The smallest absolute Gasteiger partial charge is 0.462 e. The topological polar surface area (TPSA) is 236 Å². The molecule has 61 heavy (non-hydrogen) atoms. The Labute approximate surface area is 365 Å². The number of hydrogen-bond acceptors (Lipinski definition) is 12. The third-order valence-corrected chi connectivity index (χ3v) is 10.8. The molecule has 0 fully saturated rings. The second-order valence-corrected chi connectivity index (χ2v) is 18.5. The average Bonchev–Trinajstić information content (AvgIpc) is 3.19. The fourth-order valence-corrected chi connectivity index (χ4v) is 7.02. The van der Waals surface area contributed by atoms with Crippen molar-refractivity contribution in [1.82, 2.24) is 0 Å². The molecular weight excluding hydrogens is 830 g/mol. The SMILES string of the molecule is CCCCC[C@H](O)/C=C/C=C\C/C=C\C=C\[C@H](O)CCCC(=O)OC[C@H](COP(=O)(O)OC[C@@H](O)COP(=O)(O)O)OC(=O)CCCCCCCCCCCCCCC(C)C. The van der Waals surface area contributed by atoms with E-state index in [9.17, 15) is 38.9 Å². The third kappa shape index (κ3) is 43.1. The minimum Gasteiger partial charge on any atom is -0.462 e. The van der Waals surface area contributed by atoms with Crippen LogP contribution in [0.5, 0.6) is 0 Å². The van der Waals surface area contributed by atoms with Crippen molar-refractivity contribution in [1.29, 1.82) is 0 Å². The van der Waals surface area contributed by atoms with Crippen molar-refractivity contribution in [3.8, 4) is 0 Å². The predicted octanol–water partition coefficient (Wildman–Crippen LogP) is 9.25. The Kier molecular flexibility index (Phi) is 37.2. The molecule has 0 spiro atoms. The van der Waals surface area contributed by atoms with Gasteiger partial charge in [-0.05, 0) is 38.0 Å². The summed E-state index contributed by atoms with van der Waals surface area (Å²) in [5.41, 5.74) is 0. The van der Waals surface area contributed by atoms with E-state index in [0.29, 0.717) is 19.3 Å². The van der Waals surface area contributed by atoms with Crippen LogP contribution in [-0.2, 0) is 41.8 Å². The van der Waals surface area contributed by atoms with E-state index >= 15 is 0 Å². The summed E-state index contributed by atoms with van der Waals surface area (Å²) in [6, 6.07) is 0. The maximum absolute atomic E-state index is 12.7. The maximum atomic E-state index is 12.7. The van der Waals surface area contributed by atoms with Crippen LogP contribution in [0.25, 0.3) is 0 Å². The molecule has 0 aliphatic carbocycles. The van der Waals surface area contributed by atoms with E-state index in [2.05, 4.69) is 29.8 Å². The van der Waals surface area contributed by atoms with Crippen LogP contribution in [0, 0.1) is 5.92 Å². The first-order valence-electron chi connectivity index (χ1n) is 22.4.